The lowest BCUT2D eigenvalue weighted by molar-refractivity contribution is -0.00483. The van der Waals surface area contributed by atoms with Crippen LogP contribution in [-0.2, 0) is 4.74 Å². The normalized spacial score (nSPS) is 24.1. The van der Waals surface area contributed by atoms with E-state index in [0.29, 0.717) is 32.1 Å². The van der Waals surface area contributed by atoms with Crippen LogP contribution in [-0.4, -0.2) is 54.0 Å². The number of aliphatic hydroxyl groups excluding tert-OH is 1. The third-order valence-corrected chi connectivity index (χ3v) is 3.92. The first kappa shape index (κ1) is 17.2. The first-order valence-corrected chi connectivity index (χ1v) is 7.77. The second kappa shape index (κ2) is 8.47. The summed E-state index contributed by atoms with van der Waals surface area (Å²) in [5, 5.41) is 12.6. The van der Waals surface area contributed by atoms with Gasteiger partial charge in [0.1, 0.15) is 0 Å². The van der Waals surface area contributed by atoms with Crippen molar-refractivity contribution >= 4 is 6.03 Å². The Morgan fingerprint density at radius 1 is 1.45 bits per heavy atom. The van der Waals surface area contributed by atoms with Crippen LogP contribution in [0.1, 0.15) is 47.0 Å². The first-order valence-electron chi connectivity index (χ1n) is 7.77. The van der Waals surface area contributed by atoms with Gasteiger partial charge < -0.3 is 20.1 Å². The lowest BCUT2D eigenvalue weighted by Gasteiger charge is -2.37. The largest absolute Gasteiger partial charge is 0.393 e. The Morgan fingerprint density at radius 2 is 2.15 bits per heavy atom. The van der Waals surface area contributed by atoms with Gasteiger partial charge in [-0.3, -0.25) is 0 Å². The van der Waals surface area contributed by atoms with E-state index in [9.17, 15) is 9.90 Å². The SMILES string of the molecule is CC[C@H](C)C[C@H](C)NC(=O)N1CCOC[C@@H]1C[C@H](C)O. The van der Waals surface area contributed by atoms with Crippen molar-refractivity contribution in [2.45, 2.75) is 65.1 Å². The number of carbonyl (C=O) groups excluding carboxylic acids is 1. The molecule has 4 atom stereocenters. The minimum Gasteiger partial charge on any atom is -0.393 e. The molecule has 0 saturated carbocycles. The Bertz CT molecular complexity index is 297. The zero-order valence-corrected chi connectivity index (χ0v) is 13.3. The predicted molar refractivity (Wildman–Crippen MR) is 79.7 cm³/mol. The van der Waals surface area contributed by atoms with Gasteiger partial charge in [0.15, 0.2) is 0 Å². The van der Waals surface area contributed by atoms with Crippen molar-refractivity contribution in [2.75, 3.05) is 19.8 Å². The number of nitrogens with one attached hydrogen (secondary N) is 1. The number of hydrogen-bond acceptors (Lipinski definition) is 3. The maximum absolute atomic E-state index is 12.3. The van der Waals surface area contributed by atoms with Gasteiger partial charge in [0, 0.05) is 12.6 Å². The summed E-state index contributed by atoms with van der Waals surface area (Å²) in [6.07, 6.45) is 2.26. The van der Waals surface area contributed by atoms with E-state index in [1.807, 2.05) is 11.8 Å². The van der Waals surface area contributed by atoms with Crippen LogP contribution in [0.2, 0.25) is 0 Å². The number of urea groups is 1. The molecule has 1 fully saturated rings. The Balaban J connectivity index is 2.50. The van der Waals surface area contributed by atoms with Gasteiger partial charge in [0.05, 0.1) is 25.4 Å². The molecule has 0 bridgehead atoms. The summed E-state index contributed by atoms with van der Waals surface area (Å²) in [5.74, 6) is 0.614. The third-order valence-electron chi connectivity index (χ3n) is 3.92. The van der Waals surface area contributed by atoms with Crippen molar-refractivity contribution in [1.29, 1.82) is 0 Å². The molecule has 0 aromatic heterocycles. The molecule has 1 saturated heterocycles. The fraction of sp³-hybridized carbons (Fsp3) is 0.933. The minimum absolute atomic E-state index is 0.0282. The topological polar surface area (TPSA) is 61.8 Å². The van der Waals surface area contributed by atoms with E-state index >= 15 is 0 Å². The van der Waals surface area contributed by atoms with Crippen LogP contribution < -0.4 is 5.32 Å². The van der Waals surface area contributed by atoms with Crippen LogP contribution in [0.15, 0.2) is 0 Å². The quantitative estimate of drug-likeness (QED) is 0.785. The van der Waals surface area contributed by atoms with E-state index in [1.54, 1.807) is 6.92 Å². The number of nitrogens with zero attached hydrogens (tertiary/aromatic N) is 1. The molecule has 0 spiro atoms. The Kier molecular flexibility index (Phi) is 7.30. The maximum Gasteiger partial charge on any atom is 0.318 e. The number of amides is 2. The highest BCUT2D eigenvalue weighted by Crippen LogP contribution is 2.14. The molecule has 118 valence electrons. The molecule has 5 nitrogen and oxygen atoms in total. The molecule has 1 aliphatic heterocycles. The van der Waals surface area contributed by atoms with Crippen molar-refractivity contribution in [1.82, 2.24) is 10.2 Å². The molecule has 0 radical (unpaired) electrons. The highest BCUT2D eigenvalue weighted by atomic mass is 16.5. The summed E-state index contributed by atoms with van der Waals surface area (Å²) in [4.78, 5) is 14.2. The summed E-state index contributed by atoms with van der Waals surface area (Å²) in [5.41, 5.74) is 0. The number of rotatable bonds is 6. The maximum atomic E-state index is 12.3. The second-order valence-corrected chi connectivity index (χ2v) is 6.11. The van der Waals surface area contributed by atoms with Crippen molar-refractivity contribution < 1.29 is 14.6 Å². The van der Waals surface area contributed by atoms with E-state index in [4.69, 9.17) is 4.74 Å². The second-order valence-electron chi connectivity index (χ2n) is 6.11. The van der Waals surface area contributed by atoms with Crippen LogP contribution >= 0.6 is 0 Å². The van der Waals surface area contributed by atoms with Crippen molar-refractivity contribution in [3.8, 4) is 0 Å². The van der Waals surface area contributed by atoms with Gasteiger partial charge in [-0.1, -0.05) is 20.3 Å². The van der Waals surface area contributed by atoms with E-state index in [1.165, 1.54) is 0 Å². The lowest BCUT2D eigenvalue weighted by Crippen LogP contribution is -2.54. The molecule has 0 unspecified atom stereocenters. The van der Waals surface area contributed by atoms with E-state index in [-0.39, 0.29) is 18.1 Å². The lowest BCUT2D eigenvalue weighted by atomic mass is 10.0. The van der Waals surface area contributed by atoms with Gasteiger partial charge in [-0.15, -0.1) is 0 Å². The fourth-order valence-electron chi connectivity index (χ4n) is 2.63. The number of ether oxygens (including phenoxy) is 1. The summed E-state index contributed by atoms with van der Waals surface area (Å²) in [6, 6.07) is 0.113. The number of hydrogen-bond donors (Lipinski definition) is 2. The van der Waals surface area contributed by atoms with E-state index < -0.39 is 6.10 Å². The van der Waals surface area contributed by atoms with Gasteiger partial charge >= 0.3 is 6.03 Å². The molecule has 1 aliphatic rings. The summed E-state index contributed by atoms with van der Waals surface area (Å²) < 4.78 is 5.42. The molecule has 2 amide bonds. The molecule has 1 heterocycles. The van der Waals surface area contributed by atoms with E-state index in [2.05, 4.69) is 19.2 Å². The highest BCUT2D eigenvalue weighted by Gasteiger charge is 2.28. The molecule has 2 N–H and O–H groups in total. The monoisotopic (exact) mass is 286 g/mol. The van der Waals surface area contributed by atoms with Crippen LogP contribution in [0.4, 0.5) is 4.79 Å². The summed E-state index contributed by atoms with van der Waals surface area (Å²) >= 11 is 0. The Labute approximate surface area is 122 Å². The standard InChI is InChI=1S/C15H30N2O3/c1-5-11(2)8-12(3)16-15(19)17-6-7-20-10-14(17)9-13(4)18/h11-14,18H,5-10H2,1-4H3,(H,16,19)/t11-,12-,13-,14-/m0/s1. The van der Waals surface area contributed by atoms with Crippen molar-refractivity contribution in [3.05, 3.63) is 0 Å². The fourth-order valence-corrected chi connectivity index (χ4v) is 2.63. The van der Waals surface area contributed by atoms with Crippen LogP contribution in [0, 0.1) is 5.92 Å². The highest BCUT2D eigenvalue weighted by molar-refractivity contribution is 5.75. The third kappa shape index (κ3) is 5.67. The molecule has 1 rings (SSSR count). The first-order chi connectivity index (χ1) is 9.43. The van der Waals surface area contributed by atoms with Gasteiger partial charge in [0.2, 0.25) is 0 Å². The molecular formula is C15H30N2O3. The molecule has 20 heavy (non-hydrogen) atoms. The van der Waals surface area contributed by atoms with Crippen LogP contribution in [0.3, 0.4) is 0 Å². The van der Waals surface area contributed by atoms with Gasteiger partial charge in [-0.25, -0.2) is 4.79 Å². The molecular weight excluding hydrogens is 256 g/mol. The molecule has 0 aromatic rings. The number of morpholine rings is 1. The minimum atomic E-state index is -0.422. The smallest absolute Gasteiger partial charge is 0.318 e. The van der Waals surface area contributed by atoms with Crippen molar-refractivity contribution in [3.63, 3.8) is 0 Å². The molecule has 0 aromatic carbocycles. The average molecular weight is 286 g/mol. The van der Waals surface area contributed by atoms with Crippen LogP contribution in [0.5, 0.6) is 0 Å². The van der Waals surface area contributed by atoms with E-state index in [0.717, 1.165) is 12.8 Å². The van der Waals surface area contributed by atoms with Gasteiger partial charge in [-0.05, 0) is 32.6 Å². The zero-order valence-electron chi connectivity index (χ0n) is 13.3. The zero-order chi connectivity index (χ0) is 15.1. The molecule has 0 aliphatic carbocycles. The summed E-state index contributed by atoms with van der Waals surface area (Å²) in [7, 11) is 0. The molecule has 5 heteroatoms. The van der Waals surface area contributed by atoms with Crippen molar-refractivity contribution in [2.24, 2.45) is 5.92 Å². The number of aliphatic hydroxyl groups is 1. The summed E-state index contributed by atoms with van der Waals surface area (Å²) in [6.45, 7) is 9.85. The van der Waals surface area contributed by atoms with Gasteiger partial charge in [0.25, 0.3) is 0 Å². The number of carbonyl (C=O) groups is 1. The van der Waals surface area contributed by atoms with Gasteiger partial charge in [-0.2, -0.15) is 0 Å². The van der Waals surface area contributed by atoms with Crippen LogP contribution in [0.25, 0.3) is 0 Å². The average Bonchev–Trinajstić information content (AvgIpc) is 2.38. The Hall–Kier alpha value is -0.810. The Morgan fingerprint density at radius 3 is 2.75 bits per heavy atom. The predicted octanol–water partition coefficient (Wildman–Crippen LogP) is 1.99.